The minimum atomic E-state index is -0.861. The number of hydrogen-bond donors (Lipinski definition) is 2. The molecule has 3 rings (SSSR count). The van der Waals surface area contributed by atoms with Crippen LogP contribution >= 0.6 is 0 Å². The number of fused-ring (bicyclic) bond motifs is 1. The molecule has 1 unspecified atom stereocenters. The molecular weight excluding hydrogens is 260 g/mol. The number of hydrogen-bond acceptors (Lipinski definition) is 5. The highest BCUT2D eigenvalue weighted by Crippen LogP contribution is 2.25. The Labute approximate surface area is 116 Å². The van der Waals surface area contributed by atoms with Crippen molar-refractivity contribution in [2.75, 3.05) is 37.7 Å². The molecule has 1 amide bonds. The van der Waals surface area contributed by atoms with Gasteiger partial charge in [0.2, 0.25) is 5.88 Å². The van der Waals surface area contributed by atoms with Crippen molar-refractivity contribution in [3.63, 3.8) is 0 Å². The zero-order valence-corrected chi connectivity index (χ0v) is 11.2. The molecule has 1 fully saturated rings. The number of nitrogens with two attached hydrogens (primary N) is 1. The predicted molar refractivity (Wildman–Crippen MR) is 73.2 cm³/mol. The molecular formula is C13H18N4O3. The fourth-order valence-corrected chi connectivity index (χ4v) is 2.57. The van der Waals surface area contributed by atoms with Gasteiger partial charge >= 0.3 is 6.09 Å². The summed E-state index contributed by atoms with van der Waals surface area (Å²) in [6.07, 6.45) is -0.0737. The molecule has 7 nitrogen and oxygen atoms in total. The number of amides is 1. The summed E-state index contributed by atoms with van der Waals surface area (Å²) in [5, 5.41) is 8.94. The van der Waals surface area contributed by atoms with Crippen LogP contribution in [0.1, 0.15) is 5.56 Å². The molecule has 0 aromatic carbocycles. The number of anilines is 1. The molecule has 7 heteroatoms. The van der Waals surface area contributed by atoms with Gasteiger partial charge in [0.05, 0.1) is 0 Å². The zero-order valence-electron chi connectivity index (χ0n) is 11.2. The molecule has 0 saturated carbocycles. The summed E-state index contributed by atoms with van der Waals surface area (Å²) in [5.41, 5.74) is 6.89. The Morgan fingerprint density at radius 1 is 1.35 bits per heavy atom. The number of pyridine rings is 1. The van der Waals surface area contributed by atoms with Gasteiger partial charge < -0.3 is 25.4 Å². The van der Waals surface area contributed by atoms with Crippen molar-refractivity contribution < 1.29 is 14.6 Å². The van der Waals surface area contributed by atoms with Crippen LogP contribution < -0.4 is 15.4 Å². The van der Waals surface area contributed by atoms with E-state index >= 15 is 0 Å². The summed E-state index contributed by atoms with van der Waals surface area (Å²) >= 11 is 0. The molecule has 0 spiro atoms. The van der Waals surface area contributed by atoms with Crippen LogP contribution in [0.2, 0.25) is 0 Å². The Morgan fingerprint density at radius 2 is 2.10 bits per heavy atom. The molecule has 0 radical (unpaired) electrons. The largest absolute Gasteiger partial charge is 0.476 e. The molecule has 3 heterocycles. The second kappa shape index (κ2) is 5.16. The van der Waals surface area contributed by atoms with Gasteiger partial charge in [-0.2, -0.15) is 4.98 Å². The minimum absolute atomic E-state index is 0.0364. The van der Waals surface area contributed by atoms with Crippen LogP contribution in [0, 0.1) is 0 Å². The molecule has 20 heavy (non-hydrogen) atoms. The SMILES string of the molecule is NC1COc2nc(N3CCN(C(=O)O)CC3)ccc2C1. The maximum absolute atomic E-state index is 10.9. The number of carbonyl (C=O) groups is 1. The van der Waals surface area contributed by atoms with Gasteiger partial charge in [0.15, 0.2) is 0 Å². The number of piperazine rings is 1. The Morgan fingerprint density at radius 3 is 2.80 bits per heavy atom. The molecule has 2 aliphatic heterocycles. The second-order valence-electron chi connectivity index (χ2n) is 5.17. The molecule has 1 aromatic rings. The van der Waals surface area contributed by atoms with Crippen molar-refractivity contribution >= 4 is 11.9 Å². The average molecular weight is 278 g/mol. The van der Waals surface area contributed by atoms with Gasteiger partial charge in [-0.15, -0.1) is 0 Å². The zero-order chi connectivity index (χ0) is 14.1. The summed E-state index contributed by atoms with van der Waals surface area (Å²) in [5.74, 6) is 1.49. The Balaban J connectivity index is 1.71. The maximum atomic E-state index is 10.9. The van der Waals surface area contributed by atoms with Crippen LogP contribution in [0.5, 0.6) is 5.88 Å². The lowest BCUT2D eigenvalue weighted by Crippen LogP contribution is -2.48. The third-order valence-corrected chi connectivity index (χ3v) is 3.71. The van der Waals surface area contributed by atoms with E-state index in [1.54, 1.807) is 0 Å². The third-order valence-electron chi connectivity index (χ3n) is 3.71. The Kier molecular flexibility index (Phi) is 3.35. The molecule has 3 N–H and O–H groups in total. The van der Waals surface area contributed by atoms with E-state index in [1.165, 1.54) is 4.90 Å². The van der Waals surface area contributed by atoms with Crippen LogP contribution in [0.15, 0.2) is 12.1 Å². The first-order valence-corrected chi connectivity index (χ1v) is 6.74. The van der Waals surface area contributed by atoms with Crippen molar-refractivity contribution in [3.05, 3.63) is 17.7 Å². The molecule has 1 saturated heterocycles. The normalized spacial score (nSPS) is 22.1. The highest BCUT2D eigenvalue weighted by Gasteiger charge is 2.23. The van der Waals surface area contributed by atoms with Gasteiger partial charge in [0.25, 0.3) is 0 Å². The van der Waals surface area contributed by atoms with Crippen molar-refractivity contribution in [2.24, 2.45) is 5.73 Å². The van der Waals surface area contributed by atoms with Crippen LogP contribution in [0.25, 0.3) is 0 Å². The maximum Gasteiger partial charge on any atom is 0.407 e. The standard InChI is InChI=1S/C13H18N4O3/c14-10-7-9-1-2-11(15-12(9)20-8-10)16-3-5-17(6-4-16)13(18)19/h1-2,10H,3-8,14H2,(H,18,19). The van der Waals surface area contributed by atoms with E-state index in [4.69, 9.17) is 15.6 Å². The van der Waals surface area contributed by atoms with Crippen LogP contribution in [-0.2, 0) is 6.42 Å². The van der Waals surface area contributed by atoms with E-state index in [1.807, 2.05) is 12.1 Å². The smallest absolute Gasteiger partial charge is 0.407 e. The number of ether oxygens (including phenoxy) is 1. The van der Waals surface area contributed by atoms with E-state index in [9.17, 15) is 4.79 Å². The fourth-order valence-electron chi connectivity index (χ4n) is 2.57. The quantitative estimate of drug-likeness (QED) is 0.759. The lowest BCUT2D eigenvalue weighted by atomic mass is 10.1. The van der Waals surface area contributed by atoms with Crippen LogP contribution in [0.3, 0.4) is 0 Å². The summed E-state index contributed by atoms with van der Waals surface area (Å²) in [6.45, 7) is 2.80. The Bertz CT molecular complexity index is 514. The summed E-state index contributed by atoms with van der Waals surface area (Å²) in [6, 6.07) is 3.99. The molecule has 2 aliphatic rings. The highest BCUT2D eigenvalue weighted by molar-refractivity contribution is 5.65. The average Bonchev–Trinajstić information content (AvgIpc) is 2.47. The van der Waals surface area contributed by atoms with Gasteiger partial charge in [-0.3, -0.25) is 0 Å². The lowest BCUT2D eigenvalue weighted by Gasteiger charge is -2.34. The number of rotatable bonds is 1. The number of nitrogens with zero attached hydrogens (tertiary/aromatic N) is 3. The van der Waals surface area contributed by atoms with Crippen LogP contribution in [0.4, 0.5) is 10.6 Å². The first-order chi connectivity index (χ1) is 9.63. The van der Waals surface area contributed by atoms with E-state index in [2.05, 4.69) is 9.88 Å². The highest BCUT2D eigenvalue weighted by atomic mass is 16.5. The summed E-state index contributed by atoms with van der Waals surface area (Å²) in [4.78, 5) is 18.9. The van der Waals surface area contributed by atoms with Gasteiger partial charge in [-0.05, 0) is 18.6 Å². The second-order valence-corrected chi connectivity index (χ2v) is 5.17. The Hall–Kier alpha value is -2.02. The fraction of sp³-hybridized carbons (Fsp3) is 0.538. The minimum Gasteiger partial charge on any atom is -0.476 e. The molecule has 1 atom stereocenters. The molecule has 1 aromatic heterocycles. The number of aromatic nitrogens is 1. The van der Waals surface area contributed by atoms with Crippen molar-refractivity contribution in [2.45, 2.75) is 12.5 Å². The monoisotopic (exact) mass is 278 g/mol. The first-order valence-electron chi connectivity index (χ1n) is 6.74. The van der Waals surface area contributed by atoms with Gasteiger partial charge in [-0.1, -0.05) is 0 Å². The third kappa shape index (κ3) is 2.49. The van der Waals surface area contributed by atoms with Crippen molar-refractivity contribution in [1.82, 2.24) is 9.88 Å². The summed E-state index contributed by atoms with van der Waals surface area (Å²) < 4.78 is 5.56. The van der Waals surface area contributed by atoms with Crippen molar-refractivity contribution in [3.8, 4) is 5.88 Å². The van der Waals surface area contributed by atoms with Crippen molar-refractivity contribution in [1.29, 1.82) is 0 Å². The van der Waals surface area contributed by atoms with Gasteiger partial charge in [-0.25, -0.2) is 4.79 Å². The summed E-state index contributed by atoms with van der Waals surface area (Å²) in [7, 11) is 0. The molecule has 108 valence electrons. The molecule has 0 aliphatic carbocycles. The van der Waals surface area contributed by atoms with E-state index < -0.39 is 6.09 Å². The first kappa shape index (κ1) is 13.0. The van der Waals surface area contributed by atoms with E-state index in [-0.39, 0.29) is 6.04 Å². The van der Waals surface area contributed by atoms with E-state index in [0.29, 0.717) is 38.7 Å². The predicted octanol–water partition coefficient (Wildman–Crippen LogP) is 0.144. The number of carboxylic acid groups (broad SMARTS) is 1. The molecule has 0 bridgehead atoms. The lowest BCUT2D eigenvalue weighted by molar-refractivity contribution is 0.142. The van der Waals surface area contributed by atoms with Crippen LogP contribution in [-0.4, -0.2) is 59.9 Å². The van der Waals surface area contributed by atoms with Gasteiger partial charge in [0.1, 0.15) is 12.4 Å². The van der Waals surface area contributed by atoms with E-state index in [0.717, 1.165) is 17.8 Å². The topological polar surface area (TPSA) is 91.9 Å². The van der Waals surface area contributed by atoms with Gasteiger partial charge in [0, 0.05) is 37.8 Å².